The van der Waals surface area contributed by atoms with Gasteiger partial charge in [0.1, 0.15) is 6.07 Å². The van der Waals surface area contributed by atoms with Crippen molar-refractivity contribution in [1.82, 2.24) is 0 Å². The van der Waals surface area contributed by atoms with E-state index in [1.165, 1.54) is 0 Å². The normalized spacial score (nSPS) is 12.6. The summed E-state index contributed by atoms with van der Waals surface area (Å²) >= 11 is 0. The highest BCUT2D eigenvalue weighted by Gasteiger charge is 2.44. The van der Waals surface area contributed by atoms with E-state index in [1.54, 1.807) is 0 Å². The van der Waals surface area contributed by atoms with E-state index in [0.29, 0.717) is 6.07 Å². The number of halogens is 8. The summed E-state index contributed by atoms with van der Waals surface area (Å²) in [7, 11) is 0. The van der Waals surface area contributed by atoms with Gasteiger partial charge in [0.15, 0.2) is 0 Å². The fourth-order valence-electron chi connectivity index (χ4n) is 1.46. The van der Waals surface area contributed by atoms with Crippen molar-refractivity contribution < 1.29 is 35.1 Å². The summed E-state index contributed by atoms with van der Waals surface area (Å²) in [6.07, 6.45) is -14.4. The molecule has 0 fully saturated rings. The van der Waals surface area contributed by atoms with Gasteiger partial charge in [-0.15, -0.1) is 0 Å². The van der Waals surface area contributed by atoms with Gasteiger partial charge in [-0.3, -0.25) is 0 Å². The molecule has 1 nitrogen and oxygen atoms in total. The van der Waals surface area contributed by atoms with E-state index in [-0.39, 0.29) is 12.1 Å². The third kappa shape index (κ3) is 2.94. The number of hydrogen-bond acceptors (Lipinski definition) is 1. The maximum atomic E-state index is 12.6. The van der Waals surface area contributed by atoms with E-state index >= 15 is 0 Å². The molecule has 0 saturated heterocycles. The van der Waals surface area contributed by atoms with Crippen molar-refractivity contribution in [3.8, 4) is 6.07 Å². The number of benzene rings is 1. The Morgan fingerprint density at radius 3 is 1.79 bits per heavy atom. The molecule has 0 amide bonds. The molecule has 0 radical (unpaired) electrons. The van der Waals surface area contributed by atoms with Crippen LogP contribution in [0.3, 0.4) is 0 Å². The maximum absolute atomic E-state index is 12.6. The van der Waals surface area contributed by atoms with Crippen LogP contribution in [0.15, 0.2) is 12.1 Å². The van der Waals surface area contributed by atoms with E-state index in [4.69, 9.17) is 5.26 Å². The van der Waals surface area contributed by atoms with E-state index in [2.05, 4.69) is 0 Å². The summed E-state index contributed by atoms with van der Waals surface area (Å²) in [5.41, 5.74) is -7.65. The Labute approximate surface area is 101 Å². The molecule has 0 heterocycles. The second-order valence-corrected chi connectivity index (χ2v) is 3.36. The van der Waals surface area contributed by atoms with Gasteiger partial charge >= 0.3 is 12.4 Å². The molecule has 0 aliphatic carbocycles. The van der Waals surface area contributed by atoms with Crippen LogP contribution in [-0.2, 0) is 12.4 Å². The Kier molecular flexibility index (Phi) is 3.74. The Morgan fingerprint density at radius 1 is 0.947 bits per heavy atom. The average Bonchev–Trinajstić information content (AvgIpc) is 2.24. The van der Waals surface area contributed by atoms with Crippen molar-refractivity contribution in [2.75, 3.05) is 0 Å². The van der Waals surface area contributed by atoms with Gasteiger partial charge in [-0.05, 0) is 6.07 Å². The van der Waals surface area contributed by atoms with Gasteiger partial charge in [-0.1, -0.05) is 6.07 Å². The van der Waals surface area contributed by atoms with Gasteiger partial charge in [0, 0.05) is 5.56 Å². The summed E-state index contributed by atoms with van der Waals surface area (Å²) in [4.78, 5) is 0. The van der Waals surface area contributed by atoms with Crippen LogP contribution in [0.1, 0.15) is 28.7 Å². The predicted molar refractivity (Wildman–Crippen MR) is 46.1 cm³/mol. The van der Waals surface area contributed by atoms with Crippen molar-refractivity contribution >= 4 is 0 Å². The van der Waals surface area contributed by atoms with Crippen LogP contribution in [-0.4, -0.2) is 0 Å². The van der Waals surface area contributed by atoms with E-state index in [9.17, 15) is 35.1 Å². The fraction of sp³-hybridized carbons (Fsp3) is 0.300. The molecule has 1 rings (SSSR count). The molecule has 19 heavy (non-hydrogen) atoms. The van der Waals surface area contributed by atoms with Crippen LogP contribution in [0.4, 0.5) is 35.1 Å². The second kappa shape index (κ2) is 4.68. The van der Waals surface area contributed by atoms with Gasteiger partial charge in [0.2, 0.25) is 0 Å². The largest absolute Gasteiger partial charge is 0.418 e. The Hall–Kier alpha value is -1.85. The average molecular weight is 289 g/mol. The molecule has 0 aromatic heterocycles. The summed E-state index contributed by atoms with van der Waals surface area (Å²) in [6.45, 7) is 0. The third-order valence-corrected chi connectivity index (χ3v) is 2.17. The van der Waals surface area contributed by atoms with Crippen molar-refractivity contribution in [3.63, 3.8) is 0 Å². The second-order valence-electron chi connectivity index (χ2n) is 3.36. The molecule has 0 unspecified atom stereocenters. The lowest BCUT2D eigenvalue weighted by atomic mass is 9.96. The first-order valence-corrected chi connectivity index (χ1v) is 4.49. The summed E-state index contributed by atoms with van der Waals surface area (Å²) in [6, 6.07) is 0.761. The zero-order chi connectivity index (χ0) is 15.0. The molecule has 1 aromatic carbocycles. The van der Waals surface area contributed by atoms with E-state index in [1.807, 2.05) is 0 Å². The van der Waals surface area contributed by atoms with Gasteiger partial charge in [-0.2, -0.15) is 31.6 Å². The predicted octanol–water partition coefficient (Wildman–Crippen LogP) is 4.53. The minimum atomic E-state index is -5.49. The first kappa shape index (κ1) is 15.2. The lowest BCUT2D eigenvalue weighted by Crippen LogP contribution is -2.17. The standard InChI is InChI=1S/C10H3F8N/c11-8(12)4-1-2-6(9(13,14)15)5(3-19)7(4)10(16,17)18/h1-2,8H. The van der Waals surface area contributed by atoms with Crippen molar-refractivity contribution in [1.29, 1.82) is 5.26 Å². The highest BCUT2D eigenvalue weighted by atomic mass is 19.4. The smallest absolute Gasteiger partial charge is 0.205 e. The maximum Gasteiger partial charge on any atom is 0.418 e. The molecular weight excluding hydrogens is 286 g/mol. The molecule has 0 aliphatic heterocycles. The van der Waals surface area contributed by atoms with Crippen LogP contribution < -0.4 is 0 Å². The van der Waals surface area contributed by atoms with Crippen molar-refractivity contribution in [2.45, 2.75) is 18.8 Å². The lowest BCUT2D eigenvalue weighted by Gasteiger charge is -2.17. The molecule has 0 N–H and O–H groups in total. The number of rotatable bonds is 1. The number of nitriles is 1. The fourth-order valence-corrected chi connectivity index (χ4v) is 1.46. The van der Waals surface area contributed by atoms with Gasteiger partial charge in [0.25, 0.3) is 6.43 Å². The highest BCUT2D eigenvalue weighted by molar-refractivity contribution is 5.51. The van der Waals surface area contributed by atoms with Crippen molar-refractivity contribution in [2.24, 2.45) is 0 Å². The quantitative estimate of drug-likeness (QED) is 0.697. The zero-order valence-corrected chi connectivity index (χ0v) is 8.70. The monoisotopic (exact) mass is 289 g/mol. The number of hydrogen-bond donors (Lipinski definition) is 0. The van der Waals surface area contributed by atoms with Crippen LogP contribution in [0.2, 0.25) is 0 Å². The first-order chi connectivity index (χ1) is 8.50. The Balaban J connectivity index is 3.77. The minimum absolute atomic E-state index is 0.0250. The van der Waals surface area contributed by atoms with Crippen LogP contribution in [0, 0.1) is 11.3 Å². The number of alkyl halides is 8. The molecule has 104 valence electrons. The van der Waals surface area contributed by atoms with Crippen molar-refractivity contribution in [3.05, 3.63) is 34.4 Å². The molecule has 1 aromatic rings. The molecule has 0 bridgehead atoms. The Morgan fingerprint density at radius 2 is 1.47 bits per heavy atom. The van der Waals surface area contributed by atoms with Crippen LogP contribution in [0.5, 0.6) is 0 Å². The molecule has 0 aliphatic rings. The molecule has 0 saturated carbocycles. The lowest BCUT2D eigenvalue weighted by molar-refractivity contribution is -0.144. The molecule has 9 heteroatoms. The first-order valence-electron chi connectivity index (χ1n) is 4.49. The zero-order valence-electron chi connectivity index (χ0n) is 8.70. The van der Waals surface area contributed by atoms with E-state index < -0.39 is 41.0 Å². The van der Waals surface area contributed by atoms with Gasteiger partial charge in [0.05, 0.1) is 16.7 Å². The minimum Gasteiger partial charge on any atom is -0.205 e. The molecule has 0 atom stereocenters. The Bertz CT molecular complexity index is 520. The third-order valence-electron chi connectivity index (χ3n) is 2.17. The van der Waals surface area contributed by atoms with E-state index in [0.717, 1.165) is 0 Å². The van der Waals surface area contributed by atoms with Gasteiger partial charge < -0.3 is 0 Å². The number of nitrogens with zero attached hydrogens (tertiary/aromatic N) is 1. The SMILES string of the molecule is N#Cc1c(C(F)(F)F)ccc(C(F)F)c1C(F)(F)F. The van der Waals surface area contributed by atoms with Gasteiger partial charge in [-0.25, -0.2) is 8.78 Å². The summed E-state index contributed by atoms with van der Waals surface area (Å²) < 4.78 is 99.8. The summed E-state index contributed by atoms with van der Waals surface area (Å²) in [5.74, 6) is 0. The molecular formula is C10H3F8N. The molecule has 0 spiro atoms. The summed E-state index contributed by atoms with van der Waals surface area (Å²) in [5, 5.41) is 8.44. The highest BCUT2D eigenvalue weighted by Crippen LogP contribution is 2.43. The topological polar surface area (TPSA) is 23.8 Å². The van der Waals surface area contributed by atoms with Crippen LogP contribution >= 0.6 is 0 Å². The van der Waals surface area contributed by atoms with Crippen LogP contribution in [0.25, 0.3) is 0 Å².